The van der Waals surface area contributed by atoms with Crippen LogP contribution < -0.4 is 14.2 Å². The summed E-state index contributed by atoms with van der Waals surface area (Å²) in [7, 11) is 1.68. The van der Waals surface area contributed by atoms with E-state index in [1.54, 1.807) is 7.11 Å². The minimum absolute atomic E-state index is 0.234. The highest BCUT2D eigenvalue weighted by molar-refractivity contribution is 5.93. The Kier molecular flexibility index (Phi) is 3.60. The van der Waals surface area contributed by atoms with Crippen molar-refractivity contribution in [3.05, 3.63) is 41.5 Å². The molecule has 0 radical (unpaired) electrons. The van der Waals surface area contributed by atoms with Crippen molar-refractivity contribution in [3.8, 4) is 28.6 Å². The van der Waals surface area contributed by atoms with Gasteiger partial charge in [-0.25, -0.2) is 0 Å². The molecule has 1 aliphatic rings. The van der Waals surface area contributed by atoms with Gasteiger partial charge in [0.25, 0.3) is 0 Å². The minimum atomic E-state index is 0.234. The van der Waals surface area contributed by atoms with Crippen LogP contribution in [0.1, 0.15) is 24.5 Å². The molecule has 0 saturated carbocycles. The highest BCUT2D eigenvalue weighted by atomic mass is 16.7. The van der Waals surface area contributed by atoms with Crippen LogP contribution in [0.15, 0.2) is 34.7 Å². The van der Waals surface area contributed by atoms with Gasteiger partial charge < -0.3 is 18.6 Å². The monoisotopic (exact) mass is 324 g/mol. The molecule has 0 fully saturated rings. The molecule has 3 aromatic rings. The number of aryl methyl sites for hydroxylation is 2. The van der Waals surface area contributed by atoms with Crippen LogP contribution >= 0.6 is 0 Å². The maximum atomic E-state index is 6.20. The predicted octanol–water partition coefficient (Wildman–Crippen LogP) is 5.10. The van der Waals surface area contributed by atoms with E-state index in [2.05, 4.69) is 26.0 Å². The van der Waals surface area contributed by atoms with Crippen molar-refractivity contribution in [1.82, 2.24) is 0 Å². The zero-order valence-electron chi connectivity index (χ0n) is 14.1. The molecule has 0 aliphatic carbocycles. The van der Waals surface area contributed by atoms with E-state index in [4.69, 9.17) is 18.6 Å². The normalized spacial score (nSPS) is 12.8. The summed E-state index contributed by atoms with van der Waals surface area (Å²) in [6, 6.07) is 10.1. The first-order valence-electron chi connectivity index (χ1n) is 8.21. The molecule has 0 saturated heterocycles. The Balaban J connectivity index is 1.93. The van der Waals surface area contributed by atoms with Gasteiger partial charge in [0, 0.05) is 17.0 Å². The number of rotatable bonds is 4. The molecule has 2 bridgehead atoms. The summed E-state index contributed by atoms with van der Waals surface area (Å²) in [5.41, 5.74) is 4.09. The molecule has 0 unspecified atom stereocenters. The standard InChI is InChI=1S/C20H20O4/c1-4-5-13-8-16-12(2)19(24-20(16)18(9-13)21-3)15-7-6-14-10-17(15)23-11-22-14/h6-10H,4-5,11H2,1-3H3. The lowest BCUT2D eigenvalue weighted by Gasteiger charge is -2.18. The minimum Gasteiger partial charge on any atom is -0.493 e. The van der Waals surface area contributed by atoms with Crippen molar-refractivity contribution in [2.24, 2.45) is 0 Å². The quantitative estimate of drug-likeness (QED) is 0.669. The van der Waals surface area contributed by atoms with E-state index < -0.39 is 0 Å². The Bertz CT molecular complexity index is 908. The maximum Gasteiger partial charge on any atom is 0.230 e. The van der Waals surface area contributed by atoms with Crippen molar-refractivity contribution in [2.45, 2.75) is 26.7 Å². The van der Waals surface area contributed by atoms with Crippen molar-refractivity contribution in [1.29, 1.82) is 0 Å². The molecule has 24 heavy (non-hydrogen) atoms. The molecule has 0 atom stereocenters. The highest BCUT2D eigenvalue weighted by Crippen LogP contribution is 2.43. The van der Waals surface area contributed by atoms with Crippen molar-refractivity contribution in [2.75, 3.05) is 13.9 Å². The van der Waals surface area contributed by atoms with Crippen LogP contribution in [0.5, 0.6) is 17.2 Å². The number of benzene rings is 2. The first-order valence-corrected chi connectivity index (χ1v) is 8.21. The van der Waals surface area contributed by atoms with Crippen LogP contribution in [0.4, 0.5) is 0 Å². The van der Waals surface area contributed by atoms with Crippen molar-refractivity contribution < 1.29 is 18.6 Å². The first kappa shape index (κ1) is 14.9. The molecule has 0 N–H and O–H groups in total. The third-order valence-corrected chi connectivity index (χ3v) is 4.46. The first-order chi connectivity index (χ1) is 11.7. The molecular formula is C20H20O4. The van der Waals surface area contributed by atoms with E-state index in [1.165, 1.54) is 5.56 Å². The van der Waals surface area contributed by atoms with Gasteiger partial charge in [0.15, 0.2) is 11.3 Å². The molecule has 0 amide bonds. The van der Waals surface area contributed by atoms with E-state index >= 15 is 0 Å². The second-order valence-electron chi connectivity index (χ2n) is 6.05. The van der Waals surface area contributed by atoms with Gasteiger partial charge >= 0.3 is 0 Å². The number of furan rings is 1. The van der Waals surface area contributed by atoms with E-state index in [9.17, 15) is 0 Å². The van der Waals surface area contributed by atoms with Gasteiger partial charge in [-0.1, -0.05) is 13.3 Å². The molecule has 1 aliphatic heterocycles. The fourth-order valence-electron chi connectivity index (χ4n) is 3.25. The average Bonchev–Trinajstić information content (AvgIpc) is 2.92. The molecular weight excluding hydrogens is 304 g/mol. The molecule has 2 aromatic carbocycles. The lowest BCUT2D eigenvalue weighted by Crippen LogP contribution is -2.10. The lowest BCUT2D eigenvalue weighted by molar-refractivity contribution is 0.106. The van der Waals surface area contributed by atoms with Crippen LogP contribution in [0.25, 0.3) is 22.3 Å². The van der Waals surface area contributed by atoms with Crippen LogP contribution in [0, 0.1) is 6.92 Å². The summed E-state index contributed by atoms with van der Waals surface area (Å²) < 4.78 is 22.8. The van der Waals surface area contributed by atoms with Crippen LogP contribution in [-0.4, -0.2) is 13.9 Å². The van der Waals surface area contributed by atoms with Crippen molar-refractivity contribution >= 4 is 11.0 Å². The molecule has 4 nitrogen and oxygen atoms in total. The van der Waals surface area contributed by atoms with Gasteiger partial charge in [-0.15, -0.1) is 0 Å². The summed E-state index contributed by atoms with van der Waals surface area (Å²) >= 11 is 0. The number of methoxy groups -OCH3 is 1. The van der Waals surface area contributed by atoms with Gasteiger partial charge in [-0.3, -0.25) is 0 Å². The van der Waals surface area contributed by atoms with E-state index in [1.807, 2.05) is 18.2 Å². The van der Waals surface area contributed by atoms with Crippen molar-refractivity contribution in [3.63, 3.8) is 0 Å². The summed E-state index contributed by atoms with van der Waals surface area (Å²) in [5, 5.41) is 1.09. The van der Waals surface area contributed by atoms with E-state index in [0.29, 0.717) is 0 Å². The fourth-order valence-corrected chi connectivity index (χ4v) is 3.25. The summed E-state index contributed by atoms with van der Waals surface area (Å²) in [4.78, 5) is 0. The van der Waals surface area contributed by atoms with Crippen LogP contribution in [-0.2, 0) is 6.42 Å². The number of hydrogen-bond donors (Lipinski definition) is 0. The molecule has 4 heteroatoms. The predicted molar refractivity (Wildman–Crippen MR) is 93.1 cm³/mol. The summed E-state index contributed by atoms with van der Waals surface area (Å²) in [5.74, 6) is 3.20. The second kappa shape index (κ2) is 5.78. The zero-order valence-corrected chi connectivity index (χ0v) is 14.1. The SMILES string of the molecule is CCCc1cc(OC)c2oc(-c3ccc4cc3OCO4)c(C)c2c1. The van der Waals surface area contributed by atoms with Crippen LogP contribution in [0.2, 0.25) is 0 Å². The Labute approximate surface area is 140 Å². The van der Waals surface area contributed by atoms with Crippen LogP contribution in [0.3, 0.4) is 0 Å². The maximum absolute atomic E-state index is 6.20. The molecule has 2 heterocycles. The van der Waals surface area contributed by atoms with Gasteiger partial charge in [0.2, 0.25) is 6.79 Å². The number of hydrogen-bond acceptors (Lipinski definition) is 4. The fraction of sp³-hybridized carbons (Fsp3) is 0.300. The zero-order chi connectivity index (χ0) is 16.7. The number of fused-ring (bicyclic) bond motifs is 3. The largest absolute Gasteiger partial charge is 0.493 e. The van der Waals surface area contributed by atoms with Gasteiger partial charge in [-0.05, 0) is 43.2 Å². The number of ether oxygens (including phenoxy) is 3. The third kappa shape index (κ3) is 2.30. The second-order valence-corrected chi connectivity index (χ2v) is 6.05. The topological polar surface area (TPSA) is 40.8 Å². The molecule has 0 spiro atoms. The highest BCUT2D eigenvalue weighted by Gasteiger charge is 2.21. The molecule has 124 valence electrons. The molecule has 1 aromatic heterocycles. The summed E-state index contributed by atoms with van der Waals surface area (Å²) in [6.07, 6.45) is 2.12. The Morgan fingerprint density at radius 3 is 2.79 bits per heavy atom. The summed E-state index contributed by atoms with van der Waals surface area (Å²) in [6.45, 7) is 4.49. The Morgan fingerprint density at radius 2 is 2.00 bits per heavy atom. The van der Waals surface area contributed by atoms with E-state index in [0.717, 1.165) is 57.9 Å². The Hall–Kier alpha value is -2.62. The lowest BCUT2D eigenvalue weighted by atomic mass is 10.0. The van der Waals surface area contributed by atoms with Gasteiger partial charge in [0.1, 0.15) is 17.3 Å². The average molecular weight is 324 g/mol. The Morgan fingerprint density at radius 1 is 1.12 bits per heavy atom. The van der Waals surface area contributed by atoms with E-state index in [-0.39, 0.29) is 6.79 Å². The van der Waals surface area contributed by atoms with Gasteiger partial charge in [-0.2, -0.15) is 0 Å². The smallest absolute Gasteiger partial charge is 0.230 e. The third-order valence-electron chi connectivity index (χ3n) is 4.46. The van der Waals surface area contributed by atoms with Gasteiger partial charge in [0.05, 0.1) is 12.7 Å². The molecule has 4 rings (SSSR count).